The highest BCUT2D eigenvalue weighted by Crippen LogP contribution is 2.28. The number of hydrogen-bond donors (Lipinski definition) is 1. The van der Waals surface area contributed by atoms with Gasteiger partial charge in [-0.3, -0.25) is 10.1 Å². The second kappa shape index (κ2) is 6.89. The topological polar surface area (TPSA) is 80.5 Å². The lowest BCUT2D eigenvalue weighted by atomic mass is 9.90. The normalized spacial score (nSPS) is 18.0. The van der Waals surface area contributed by atoms with E-state index in [2.05, 4.69) is 15.5 Å². The zero-order valence-electron chi connectivity index (χ0n) is 13.0. The first-order valence-electron chi connectivity index (χ1n) is 7.41. The molecule has 0 aromatic carbocycles. The van der Waals surface area contributed by atoms with E-state index >= 15 is 0 Å². The highest BCUT2D eigenvalue weighted by atomic mass is 16.5. The van der Waals surface area contributed by atoms with Crippen molar-refractivity contribution in [1.82, 2.24) is 15.5 Å². The van der Waals surface area contributed by atoms with E-state index in [4.69, 9.17) is 9.26 Å². The molecule has 1 fully saturated rings. The fourth-order valence-electron chi connectivity index (χ4n) is 2.72. The lowest BCUT2D eigenvalue weighted by Crippen LogP contribution is -2.52. The van der Waals surface area contributed by atoms with Gasteiger partial charge in [0.05, 0.1) is 13.7 Å². The molecule has 0 spiro atoms. The van der Waals surface area contributed by atoms with Crippen molar-refractivity contribution in [1.29, 1.82) is 0 Å². The fourth-order valence-corrected chi connectivity index (χ4v) is 2.72. The minimum absolute atomic E-state index is 0.197. The first-order chi connectivity index (χ1) is 10.1. The van der Waals surface area contributed by atoms with Crippen molar-refractivity contribution in [3.8, 4) is 0 Å². The van der Waals surface area contributed by atoms with Crippen LogP contribution in [0, 0.1) is 0 Å². The molecule has 1 heterocycles. The molecule has 0 radical (unpaired) electrons. The molecule has 0 atom stereocenters. The number of carbonyl (C=O) groups excluding carboxylic acids is 1. The number of hydrogen-bond acceptors (Lipinski definition) is 7. The Morgan fingerprint density at radius 3 is 2.52 bits per heavy atom. The van der Waals surface area contributed by atoms with Crippen molar-refractivity contribution in [3.05, 3.63) is 5.89 Å². The van der Waals surface area contributed by atoms with Crippen LogP contribution in [-0.4, -0.2) is 42.9 Å². The number of anilines is 1. The maximum atomic E-state index is 12.2. The van der Waals surface area contributed by atoms with Gasteiger partial charge < -0.3 is 14.2 Å². The summed E-state index contributed by atoms with van der Waals surface area (Å²) >= 11 is 0. The summed E-state index contributed by atoms with van der Waals surface area (Å²) in [5.41, 5.74) is -0.627. The third-order valence-electron chi connectivity index (χ3n) is 3.97. The summed E-state index contributed by atoms with van der Waals surface area (Å²) in [6, 6.07) is 0. The van der Waals surface area contributed by atoms with Crippen molar-refractivity contribution >= 4 is 11.9 Å². The molecule has 1 N–H and O–H groups in total. The molecule has 118 valence electrons. The number of carbonyl (C=O) groups is 1. The van der Waals surface area contributed by atoms with E-state index in [0.717, 1.165) is 38.5 Å². The zero-order valence-corrected chi connectivity index (χ0v) is 13.0. The fraction of sp³-hybridized carbons (Fsp3) is 0.786. The molecule has 21 heavy (non-hydrogen) atoms. The van der Waals surface area contributed by atoms with Crippen LogP contribution in [0.5, 0.6) is 0 Å². The first kappa shape index (κ1) is 15.8. The standard InChI is InChI=1S/C14H24N4O3/c1-18(2)13-16-11(21-17-13)10-15-14(12(19)20-3)8-6-4-5-7-9-14/h15H,4-10H2,1-3H3. The number of rotatable bonds is 5. The molecule has 1 aliphatic rings. The predicted molar refractivity (Wildman–Crippen MR) is 77.9 cm³/mol. The van der Waals surface area contributed by atoms with Crippen LogP contribution in [0.4, 0.5) is 5.95 Å². The van der Waals surface area contributed by atoms with Crippen LogP contribution in [-0.2, 0) is 16.1 Å². The van der Waals surface area contributed by atoms with Gasteiger partial charge in [0.1, 0.15) is 5.54 Å². The number of ether oxygens (including phenoxy) is 1. The number of nitrogens with zero attached hydrogens (tertiary/aromatic N) is 3. The van der Waals surface area contributed by atoms with Gasteiger partial charge in [-0.2, -0.15) is 4.98 Å². The first-order valence-corrected chi connectivity index (χ1v) is 7.41. The van der Waals surface area contributed by atoms with E-state index in [1.165, 1.54) is 7.11 Å². The van der Waals surface area contributed by atoms with Gasteiger partial charge in [0, 0.05) is 14.1 Å². The minimum atomic E-state index is -0.627. The van der Waals surface area contributed by atoms with Crippen LogP contribution in [0.2, 0.25) is 0 Å². The molecule has 1 aromatic rings. The maximum Gasteiger partial charge on any atom is 0.326 e. The number of nitrogens with one attached hydrogen (secondary N) is 1. The minimum Gasteiger partial charge on any atom is -0.468 e. The second-order valence-electron chi connectivity index (χ2n) is 5.72. The Morgan fingerprint density at radius 1 is 1.33 bits per heavy atom. The summed E-state index contributed by atoms with van der Waals surface area (Å²) in [7, 11) is 5.14. The van der Waals surface area contributed by atoms with Crippen LogP contribution < -0.4 is 10.2 Å². The second-order valence-corrected chi connectivity index (χ2v) is 5.72. The SMILES string of the molecule is COC(=O)C1(NCc2nc(N(C)C)no2)CCCCCC1. The Balaban J connectivity index is 2.05. The van der Waals surface area contributed by atoms with Crippen molar-refractivity contribution in [2.24, 2.45) is 0 Å². The smallest absolute Gasteiger partial charge is 0.326 e. The molecule has 1 aromatic heterocycles. The lowest BCUT2D eigenvalue weighted by molar-refractivity contribution is -0.149. The Kier molecular flexibility index (Phi) is 5.17. The average Bonchev–Trinajstić information content (AvgIpc) is 2.83. The molecule has 0 aliphatic heterocycles. The Hall–Kier alpha value is -1.63. The van der Waals surface area contributed by atoms with Gasteiger partial charge in [-0.1, -0.05) is 25.7 Å². The van der Waals surface area contributed by atoms with Crippen LogP contribution in [0.1, 0.15) is 44.4 Å². The van der Waals surface area contributed by atoms with E-state index < -0.39 is 5.54 Å². The number of aromatic nitrogens is 2. The van der Waals surface area contributed by atoms with Crippen LogP contribution in [0.3, 0.4) is 0 Å². The summed E-state index contributed by atoms with van der Waals surface area (Å²) in [5.74, 6) is 0.808. The molecule has 0 unspecified atom stereocenters. The summed E-state index contributed by atoms with van der Waals surface area (Å²) < 4.78 is 10.2. The van der Waals surface area contributed by atoms with E-state index in [9.17, 15) is 4.79 Å². The van der Waals surface area contributed by atoms with E-state index in [1.807, 2.05) is 14.1 Å². The summed E-state index contributed by atoms with van der Waals surface area (Å²) in [4.78, 5) is 18.3. The molecule has 0 bridgehead atoms. The lowest BCUT2D eigenvalue weighted by Gasteiger charge is -2.30. The molecular formula is C14H24N4O3. The van der Waals surface area contributed by atoms with Crippen molar-refractivity contribution in [2.45, 2.75) is 50.6 Å². The maximum absolute atomic E-state index is 12.2. The predicted octanol–water partition coefficient (Wildman–Crippen LogP) is 1.49. The summed E-state index contributed by atoms with van der Waals surface area (Å²) in [6.07, 6.45) is 5.93. The average molecular weight is 296 g/mol. The molecule has 7 heteroatoms. The molecule has 0 amide bonds. The van der Waals surface area contributed by atoms with Gasteiger partial charge in [0.25, 0.3) is 5.95 Å². The van der Waals surface area contributed by atoms with E-state index in [-0.39, 0.29) is 5.97 Å². The van der Waals surface area contributed by atoms with Gasteiger partial charge in [-0.25, -0.2) is 0 Å². The van der Waals surface area contributed by atoms with Gasteiger partial charge in [0.15, 0.2) is 0 Å². The van der Waals surface area contributed by atoms with Gasteiger partial charge in [0.2, 0.25) is 5.89 Å². The Morgan fingerprint density at radius 2 is 2.00 bits per heavy atom. The molecule has 1 saturated carbocycles. The van der Waals surface area contributed by atoms with E-state index in [0.29, 0.717) is 18.4 Å². The Bertz CT molecular complexity index is 465. The quantitative estimate of drug-likeness (QED) is 0.651. The third-order valence-corrected chi connectivity index (χ3v) is 3.97. The van der Waals surface area contributed by atoms with Gasteiger partial charge in [-0.05, 0) is 18.0 Å². The van der Waals surface area contributed by atoms with E-state index in [1.54, 1.807) is 4.90 Å². The van der Waals surface area contributed by atoms with Crippen molar-refractivity contribution in [3.63, 3.8) is 0 Å². The van der Waals surface area contributed by atoms with Crippen LogP contribution >= 0.6 is 0 Å². The summed E-state index contributed by atoms with van der Waals surface area (Å²) in [5, 5.41) is 7.17. The highest BCUT2D eigenvalue weighted by Gasteiger charge is 2.39. The van der Waals surface area contributed by atoms with Crippen LogP contribution in [0.15, 0.2) is 4.52 Å². The largest absolute Gasteiger partial charge is 0.468 e. The monoisotopic (exact) mass is 296 g/mol. The molecule has 0 saturated heterocycles. The van der Waals surface area contributed by atoms with Crippen LogP contribution in [0.25, 0.3) is 0 Å². The summed E-state index contributed by atoms with van der Waals surface area (Å²) in [6.45, 7) is 0.371. The third kappa shape index (κ3) is 3.72. The number of methoxy groups -OCH3 is 1. The van der Waals surface area contributed by atoms with Gasteiger partial charge >= 0.3 is 5.97 Å². The molecule has 7 nitrogen and oxygen atoms in total. The Labute approximate surface area is 125 Å². The highest BCUT2D eigenvalue weighted by molar-refractivity contribution is 5.80. The molecular weight excluding hydrogens is 272 g/mol. The zero-order chi connectivity index (χ0) is 15.3. The number of esters is 1. The van der Waals surface area contributed by atoms with Gasteiger partial charge in [-0.15, -0.1) is 0 Å². The molecule has 1 aliphatic carbocycles. The van der Waals surface area contributed by atoms with Crippen molar-refractivity contribution in [2.75, 3.05) is 26.1 Å². The molecule has 2 rings (SSSR count). The van der Waals surface area contributed by atoms with Crippen molar-refractivity contribution < 1.29 is 14.1 Å².